The number of hydrogen-bond acceptors (Lipinski definition) is 8. The van der Waals surface area contributed by atoms with E-state index in [-0.39, 0.29) is 16.2 Å². The van der Waals surface area contributed by atoms with Crippen LogP contribution in [0.5, 0.6) is 11.5 Å². The number of hydrogen-bond donors (Lipinski definition) is 0. The van der Waals surface area contributed by atoms with Crippen LogP contribution in [0.4, 0.5) is 0 Å². The quantitative estimate of drug-likeness (QED) is 0.306. The lowest BCUT2D eigenvalue weighted by Crippen LogP contribution is -2.40. The molecular formula is C17H14NO6S2-. The Kier molecular flexibility index (Phi) is 5.28. The summed E-state index contributed by atoms with van der Waals surface area (Å²) in [6, 6.07) is 4.89. The first-order chi connectivity index (χ1) is 12.4. The van der Waals surface area contributed by atoms with Crippen LogP contribution in [0.15, 0.2) is 23.1 Å². The third kappa shape index (κ3) is 4.05. The lowest BCUT2D eigenvalue weighted by Gasteiger charge is -2.14. The van der Waals surface area contributed by atoms with E-state index in [1.54, 1.807) is 24.3 Å². The smallest absolute Gasteiger partial charge is 0.314 e. The Balaban J connectivity index is 1.80. The molecule has 0 N–H and O–H groups in total. The Bertz CT molecular complexity index is 831. The maximum Gasteiger partial charge on any atom is 0.314 e. The number of ether oxygens (including phenoxy) is 2. The molecule has 1 aromatic carbocycles. The fourth-order valence-corrected chi connectivity index (χ4v) is 3.54. The Morgan fingerprint density at radius 1 is 1.38 bits per heavy atom. The zero-order valence-corrected chi connectivity index (χ0v) is 15.4. The number of carbonyl (C=O) groups is 3. The molecule has 1 heterocycles. The number of carboxylic acid groups (broad SMARTS) is 1. The summed E-state index contributed by atoms with van der Waals surface area (Å²) in [6.07, 6.45) is 3.25. The number of carboxylic acids is 1. The fourth-order valence-electron chi connectivity index (χ4n) is 2.29. The van der Waals surface area contributed by atoms with Crippen molar-refractivity contribution in [3.05, 3.63) is 28.7 Å². The number of amides is 1. The SMILES string of the molecule is COc1cc(/C=C2\SC(=S)N(CC(=O)[O-])C2=O)ccc1OC(=O)C1CC1. The van der Waals surface area contributed by atoms with Gasteiger partial charge in [-0.3, -0.25) is 14.5 Å². The van der Waals surface area contributed by atoms with Gasteiger partial charge in [-0.15, -0.1) is 0 Å². The molecule has 7 nitrogen and oxygen atoms in total. The molecule has 0 radical (unpaired) electrons. The third-order valence-corrected chi connectivity index (χ3v) is 5.15. The van der Waals surface area contributed by atoms with Crippen molar-refractivity contribution in [1.82, 2.24) is 4.90 Å². The highest BCUT2D eigenvalue weighted by atomic mass is 32.2. The van der Waals surface area contributed by atoms with Gasteiger partial charge in [0.25, 0.3) is 5.91 Å². The van der Waals surface area contributed by atoms with Crippen molar-refractivity contribution in [2.75, 3.05) is 13.7 Å². The highest BCUT2D eigenvalue weighted by Gasteiger charge is 2.33. The van der Waals surface area contributed by atoms with Gasteiger partial charge in [-0.2, -0.15) is 0 Å². The molecular weight excluding hydrogens is 378 g/mol. The zero-order chi connectivity index (χ0) is 18.8. The van der Waals surface area contributed by atoms with Gasteiger partial charge in [-0.05, 0) is 36.6 Å². The molecule has 1 aliphatic carbocycles. The maximum absolute atomic E-state index is 12.3. The minimum atomic E-state index is -1.38. The second-order valence-corrected chi connectivity index (χ2v) is 7.42. The number of nitrogens with zero attached hydrogens (tertiary/aromatic N) is 1. The molecule has 0 aromatic heterocycles. The first-order valence-corrected chi connectivity index (χ1v) is 8.96. The van der Waals surface area contributed by atoms with Crippen LogP contribution in [0.1, 0.15) is 18.4 Å². The highest BCUT2D eigenvalue weighted by Crippen LogP contribution is 2.36. The molecule has 2 fully saturated rings. The molecule has 0 bridgehead atoms. The van der Waals surface area contributed by atoms with Crippen molar-refractivity contribution < 1.29 is 29.0 Å². The average Bonchev–Trinajstić information content (AvgIpc) is 3.41. The van der Waals surface area contributed by atoms with Gasteiger partial charge in [0.1, 0.15) is 4.32 Å². The summed E-state index contributed by atoms with van der Waals surface area (Å²) in [4.78, 5) is 36.1. The molecule has 9 heteroatoms. The number of benzene rings is 1. The predicted octanol–water partition coefficient (Wildman–Crippen LogP) is 0.962. The number of rotatable bonds is 6. The Morgan fingerprint density at radius 3 is 2.73 bits per heavy atom. The molecule has 2 aliphatic rings. The minimum Gasteiger partial charge on any atom is -0.548 e. The van der Waals surface area contributed by atoms with Crippen LogP contribution in [0.2, 0.25) is 0 Å². The number of thioether (sulfide) groups is 1. The van der Waals surface area contributed by atoms with Crippen LogP contribution in [0.25, 0.3) is 6.08 Å². The van der Waals surface area contributed by atoms with Gasteiger partial charge in [-0.1, -0.05) is 30.0 Å². The summed E-state index contributed by atoms with van der Waals surface area (Å²) >= 11 is 6.04. The monoisotopic (exact) mass is 392 g/mol. The van der Waals surface area contributed by atoms with E-state index < -0.39 is 18.4 Å². The van der Waals surface area contributed by atoms with Gasteiger partial charge >= 0.3 is 5.97 Å². The van der Waals surface area contributed by atoms with E-state index in [0.717, 1.165) is 29.5 Å². The summed E-state index contributed by atoms with van der Waals surface area (Å²) < 4.78 is 10.7. The number of aliphatic carboxylic acids is 1. The number of thiocarbonyl (C=S) groups is 1. The van der Waals surface area contributed by atoms with E-state index in [1.165, 1.54) is 7.11 Å². The van der Waals surface area contributed by atoms with Gasteiger partial charge in [0, 0.05) is 0 Å². The first kappa shape index (κ1) is 18.4. The third-order valence-electron chi connectivity index (χ3n) is 3.77. The Labute approximate surface area is 158 Å². The van der Waals surface area contributed by atoms with Crippen LogP contribution >= 0.6 is 24.0 Å². The predicted molar refractivity (Wildman–Crippen MR) is 96.2 cm³/mol. The summed E-state index contributed by atoms with van der Waals surface area (Å²) in [5.74, 6) is -1.52. The molecule has 1 aromatic rings. The summed E-state index contributed by atoms with van der Waals surface area (Å²) in [7, 11) is 1.45. The first-order valence-electron chi connectivity index (χ1n) is 7.74. The lowest BCUT2D eigenvalue weighted by molar-refractivity contribution is -0.305. The topological polar surface area (TPSA) is 96.0 Å². The van der Waals surface area contributed by atoms with Crippen molar-refractivity contribution >= 4 is 52.2 Å². The number of methoxy groups -OCH3 is 1. The number of carbonyl (C=O) groups excluding carboxylic acids is 3. The summed E-state index contributed by atoms with van der Waals surface area (Å²) in [5.41, 5.74) is 0.627. The average molecular weight is 392 g/mol. The van der Waals surface area contributed by atoms with Crippen LogP contribution in [-0.2, 0) is 14.4 Å². The van der Waals surface area contributed by atoms with Crippen molar-refractivity contribution in [2.24, 2.45) is 5.92 Å². The molecule has 1 amide bonds. The molecule has 26 heavy (non-hydrogen) atoms. The van der Waals surface area contributed by atoms with Gasteiger partial charge < -0.3 is 19.4 Å². The van der Waals surface area contributed by atoms with Crippen molar-refractivity contribution in [2.45, 2.75) is 12.8 Å². The van der Waals surface area contributed by atoms with Crippen molar-refractivity contribution in [3.63, 3.8) is 0 Å². The van der Waals surface area contributed by atoms with Crippen LogP contribution < -0.4 is 14.6 Å². The van der Waals surface area contributed by atoms with Crippen molar-refractivity contribution in [3.8, 4) is 11.5 Å². The largest absolute Gasteiger partial charge is 0.548 e. The molecule has 1 saturated heterocycles. The highest BCUT2D eigenvalue weighted by molar-refractivity contribution is 8.26. The normalized spacial score (nSPS) is 18.3. The van der Waals surface area contributed by atoms with E-state index in [9.17, 15) is 19.5 Å². The van der Waals surface area contributed by atoms with Crippen molar-refractivity contribution in [1.29, 1.82) is 0 Å². The molecule has 0 spiro atoms. The van der Waals surface area contributed by atoms with Crippen LogP contribution in [0, 0.1) is 5.92 Å². The van der Waals surface area contributed by atoms with Gasteiger partial charge in [0.15, 0.2) is 11.5 Å². The summed E-state index contributed by atoms with van der Waals surface area (Å²) in [6.45, 7) is -0.582. The van der Waals surface area contributed by atoms with Gasteiger partial charge in [0.2, 0.25) is 0 Å². The fraction of sp³-hybridized carbons (Fsp3) is 0.294. The second-order valence-electron chi connectivity index (χ2n) is 5.75. The Morgan fingerprint density at radius 2 is 2.12 bits per heavy atom. The minimum absolute atomic E-state index is 0.0373. The van der Waals surface area contributed by atoms with E-state index in [2.05, 4.69) is 0 Å². The van der Waals surface area contributed by atoms with Crippen LogP contribution in [0.3, 0.4) is 0 Å². The molecule has 136 valence electrons. The van der Waals surface area contributed by atoms with E-state index in [4.69, 9.17) is 21.7 Å². The Hall–Kier alpha value is -2.39. The molecule has 1 saturated carbocycles. The molecule has 1 aliphatic heterocycles. The van der Waals surface area contributed by atoms with E-state index in [0.29, 0.717) is 22.0 Å². The van der Waals surface area contributed by atoms with E-state index >= 15 is 0 Å². The maximum atomic E-state index is 12.3. The number of esters is 1. The van der Waals surface area contributed by atoms with Gasteiger partial charge in [-0.25, -0.2) is 0 Å². The molecule has 0 unspecified atom stereocenters. The zero-order valence-electron chi connectivity index (χ0n) is 13.7. The second kappa shape index (κ2) is 7.46. The van der Waals surface area contributed by atoms with Crippen LogP contribution in [-0.4, -0.2) is 40.7 Å². The summed E-state index contributed by atoms with van der Waals surface area (Å²) in [5, 5.41) is 10.7. The molecule has 3 rings (SSSR count). The van der Waals surface area contributed by atoms with E-state index in [1.807, 2.05) is 0 Å². The molecule has 0 atom stereocenters. The lowest BCUT2D eigenvalue weighted by atomic mass is 10.2. The van der Waals surface area contributed by atoms with Gasteiger partial charge in [0.05, 0.1) is 30.4 Å². The standard InChI is InChI=1S/C17H15NO6S2/c1-23-12-6-9(2-5-11(12)24-16(22)10-3-4-10)7-13-15(21)18(8-14(19)20)17(25)26-13/h2,5-7,10H,3-4,8H2,1H3,(H,19,20)/p-1/b13-7-.